The molecule has 0 spiro atoms. The lowest BCUT2D eigenvalue weighted by Gasteiger charge is -2.03. The molecule has 0 aliphatic heterocycles. The summed E-state index contributed by atoms with van der Waals surface area (Å²) in [6.07, 6.45) is 1.60. The molecule has 0 radical (unpaired) electrons. The van der Waals surface area contributed by atoms with Gasteiger partial charge in [-0.25, -0.2) is 4.99 Å². The Labute approximate surface area is 199 Å². The molecule has 0 aliphatic rings. The summed E-state index contributed by atoms with van der Waals surface area (Å²) in [7, 11) is 1.78. The summed E-state index contributed by atoms with van der Waals surface area (Å²) in [5.74, 6) is 1.30. The maximum atomic E-state index is 9.65. The van der Waals surface area contributed by atoms with Gasteiger partial charge < -0.3 is 5.32 Å². The van der Waals surface area contributed by atoms with E-state index in [1.165, 1.54) is 0 Å². The summed E-state index contributed by atoms with van der Waals surface area (Å²) < 4.78 is 1.61. The van der Waals surface area contributed by atoms with Crippen LogP contribution in [0.3, 0.4) is 0 Å². The summed E-state index contributed by atoms with van der Waals surface area (Å²) in [5.41, 5.74) is 2.49. The molecule has 0 unspecified atom stereocenters. The first-order chi connectivity index (χ1) is 15.5. The van der Waals surface area contributed by atoms with Crippen LogP contribution in [0.15, 0.2) is 64.5 Å². The SMILES string of the molecule is Cn1nc(CSc2ccccc2)c(/C=N/c2[nH]nc(Nc3cccc(Cl)c3)c2C#N)c1Cl. The number of thioether (sulfide) groups is 1. The second-order valence-electron chi connectivity index (χ2n) is 6.68. The number of aliphatic imine (C=N–C) groups is 1. The predicted molar refractivity (Wildman–Crippen MR) is 130 cm³/mol. The number of halogens is 2. The Morgan fingerprint density at radius 2 is 2.03 bits per heavy atom. The highest BCUT2D eigenvalue weighted by Gasteiger charge is 2.16. The molecule has 0 saturated heterocycles. The van der Waals surface area contributed by atoms with E-state index in [0.29, 0.717) is 38.8 Å². The van der Waals surface area contributed by atoms with E-state index in [1.54, 1.807) is 41.8 Å². The lowest BCUT2D eigenvalue weighted by atomic mass is 10.2. The van der Waals surface area contributed by atoms with E-state index in [4.69, 9.17) is 23.2 Å². The van der Waals surface area contributed by atoms with Gasteiger partial charge >= 0.3 is 0 Å². The summed E-state index contributed by atoms with van der Waals surface area (Å²) in [6, 6.07) is 19.3. The third kappa shape index (κ3) is 4.97. The second-order valence-corrected chi connectivity index (χ2v) is 8.52. The highest BCUT2D eigenvalue weighted by Crippen LogP contribution is 2.29. The molecule has 2 N–H and O–H groups in total. The first kappa shape index (κ1) is 22.0. The van der Waals surface area contributed by atoms with Crippen LogP contribution in [-0.2, 0) is 12.8 Å². The van der Waals surface area contributed by atoms with Gasteiger partial charge in [0.05, 0.1) is 11.3 Å². The van der Waals surface area contributed by atoms with Crippen LogP contribution in [0, 0.1) is 11.3 Å². The monoisotopic (exact) mass is 481 g/mol. The number of H-pyrrole nitrogens is 1. The Balaban J connectivity index is 1.57. The van der Waals surface area contributed by atoms with Crippen LogP contribution in [0.5, 0.6) is 0 Å². The Kier molecular flexibility index (Phi) is 6.81. The molecule has 10 heteroatoms. The number of anilines is 2. The van der Waals surface area contributed by atoms with Crippen molar-refractivity contribution < 1.29 is 0 Å². The molecule has 7 nitrogen and oxygen atoms in total. The van der Waals surface area contributed by atoms with Gasteiger partial charge in [0, 0.05) is 34.6 Å². The van der Waals surface area contributed by atoms with Crippen molar-refractivity contribution in [2.75, 3.05) is 5.32 Å². The Morgan fingerprint density at radius 1 is 1.22 bits per heavy atom. The van der Waals surface area contributed by atoms with E-state index in [1.807, 2.05) is 42.5 Å². The maximum absolute atomic E-state index is 9.65. The van der Waals surface area contributed by atoms with Gasteiger partial charge in [0.2, 0.25) is 0 Å². The molecule has 0 atom stereocenters. The smallest absolute Gasteiger partial charge is 0.172 e. The van der Waals surface area contributed by atoms with Crippen molar-refractivity contribution in [3.05, 3.63) is 81.6 Å². The van der Waals surface area contributed by atoms with Crippen LogP contribution in [0.4, 0.5) is 17.3 Å². The summed E-state index contributed by atoms with van der Waals surface area (Å²) >= 11 is 14.1. The number of aryl methyl sites for hydroxylation is 1. The lowest BCUT2D eigenvalue weighted by Crippen LogP contribution is -1.92. The van der Waals surface area contributed by atoms with Crippen molar-refractivity contribution in [2.45, 2.75) is 10.6 Å². The number of aromatic amines is 1. The van der Waals surface area contributed by atoms with Gasteiger partial charge in [-0.2, -0.15) is 15.5 Å². The first-order valence-corrected chi connectivity index (χ1v) is 11.2. The zero-order valence-electron chi connectivity index (χ0n) is 16.9. The number of aromatic nitrogens is 4. The van der Waals surface area contributed by atoms with Crippen molar-refractivity contribution in [2.24, 2.45) is 12.0 Å². The van der Waals surface area contributed by atoms with Crippen molar-refractivity contribution in [3.63, 3.8) is 0 Å². The van der Waals surface area contributed by atoms with Crippen LogP contribution in [0.25, 0.3) is 0 Å². The number of nitrogens with one attached hydrogen (secondary N) is 2. The third-order valence-electron chi connectivity index (χ3n) is 4.48. The predicted octanol–water partition coefficient (Wildman–Crippen LogP) is 6.11. The standard InChI is InChI=1S/C22H17Cl2N7S/c1-31-20(24)18(19(30-31)13-32-16-8-3-2-4-9-16)12-26-21-17(11-25)22(29-28-21)27-15-7-5-6-14(23)10-15/h2-10,12H,13H2,1H3,(H2,27,28,29)/b26-12+. The van der Waals surface area contributed by atoms with E-state index >= 15 is 0 Å². The zero-order chi connectivity index (χ0) is 22.5. The average Bonchev–Trinajstić information content (AvgIpc) is 3.31. The van der Waals surface area contributed by atoms with Gasteiger partial charge in [-0.1, -0.05) is 47.5 Å². The average molecular weight is 482 g/mol. The number of hydrogen-bond donors (Lipinski definition) is 2. The quantitative estimate of drug-likeness (QED) is 0.245. The number of nitriles is 1. The minimum Gasteiger partial charge on any atom is -0.338 e. The highest BCUT2D eigenvalue weighted by atomic mass is 35.5. The third-order valence-corrected chi connectivity index (χ3v) is 6.18. The van der Waals surface area contributed by atoms with Crippen LogP contribution < -0.4 is 5.32 Å². The Hall–Kier alpha value is -3.25. The molecule has 2 heterocycles. The minimum atomic E-state index is 0.279. The van der Waals surface area contributed by atoms with Gasteiger partial charge in [-0.3, -0.25) is 9.78 Å². The highest BCUT2D eigenvalue weighted by molar-refractivity contribution is 7.98. The van der Waals surface area contributed by atoms with Gasteiger partial charge in [0.1, 0.15) is 16.8 Å². The molecule has 2 aromatic heterocycles. The number of hydrogen-bond acceptors (Lipinski definition) is 6. The van der Waals surface area contributed by atoms with Crippen LogP contribution in [-0.4, -0.2) is 26.2 Å². The van der Waals surface area contributed by atoms with Crippen LogP contribution in [0.2, 0.25) is 10.2 Å². The number of rotatable bonds is 7. The molecular formula is C22H17Cl2N7S. The number of benzene rings is 2. The summed E-state index contributed by atoms with van der Waals surface area (Å²) in [5, 5.41) is 25.2. The van der Waals surface area contributed by atoms with E-state index in [0.717, 1.165) is 10.6 Å². The van der Waals surface area contributed by atoms with Crippen molar-refractivity contribution in [1.29, 1.82) is 5.26 Å². The second kappa shape index (κ2) is 9.92. The van der Waals surface area contributed by atoms with E-state index in [9.17, 15) is 5.26 Å². The molecule has 4 aromatic rings. The van der Waals surface area contributed by atoms with Gasteiger partial charge in [0.15, 0.2) is 11.6 Å². The molecule has 32 heavy (non-hydrogen) atoms. The topological polar surface area (TPSA) is 94.7 Å². The fourth-order valence-corrected chi connectivity index (χ4v) is 4.18. The first-order valence-electron chi connectivity index (χ1n) is 9.49. The Bertz CT molecular complexity index is 1310. The van der Waals surface area contributed by atoms with Crippen molar-refractivity contribution in [1.82, 2.24) is 20.0 Å². The maximum Gasteiger partial charge on any atom is 0.172 e. The molecule has 0 bridgehead atoms. The summed E-state index contributed by atoms with van der Waals surface area (Å²) in [4.78, 5) is 5.57. The Morgan fingerprint density at radius 3 is 2.78 bits per heavy atom. The largest absolute Gasteiger partial charge is 0.338 e. The van der Waals surface area contributed by atoms with Crippen LogP contribution >= 0.6 is 35.0 Å². The minimum absolute atomic E-state index is 0.279. The number of nitrogens with zero attached hydrogens (tertiary/aromatic N) is 5. The molecule has 0 saturated carbocycles. The van der Waals surface area contributed by atoms with E-state index < -0.39 is 0 Å². The molecule has 0 fully saturated rings. The van der Waals surface area contributed by atoms with Gasteiger partial charge in [-0.15, -0.1) is 11.8 Å². The van der Waals surface area contributed by atoms with Crippen molar-refractivity contribution in [3.8, 4) is 6.07 Å². The summed E-state index contributed by atoms with van der Waals surface area (Å²) in [6.45, 7) is 0. The van der Waals surface area contributed by atoms with E-state index in [2.05, 4.69) is 31.7 Å². The normalized spacial score (nSPS) is 11.1. The lowest BCUT2D eigenvalue weighted by molar-refractivity contribution is 0.755. The van der Waals surface area contributed by atoms with Crippen LogP contribution in [0.1, 0.15) is 16.8 Å². The molecule has 160 valence electrons. The molecule has 4 rings (SSSR count). The van der Waals surface area contributed by atoms with Gasteiger partial charge in [0.25, 0.3) is 0 Å². The fourth-order valence-electron chi connectivity index (χ4n) is 2.93. The molecule has 0 amide bonds. The van der Waals surface area contributed by atoms with E-state index in [-0.39, 0.29) is 5.56 Å². The fraction of sp³-hybridized carbons (Fsp3) is 0.0909. The molecule has 0 aliphatic carbocycles. The van der Waals surface area contributed by atoms with Gasteiger partial charge in [-0.05, 0) is 30.3 Å². The molecule has 2 aromatic carbocycles. The zero-order valence-corrected chi connectivity index (χ0v) is 19.2. The molecular weight excluding hydrogens is 465 g/mol. The van der Waals surface area contributed by atoms with Crippen molar-refractivity contribution >= 4 is 58.5 Å².